The molecule has 1 aliphatic heterocycles. The summed E-state index contributed by atoms with van der Waals surface area (Å²) in [5.41, 5.74) is 0.481. The Kier molecular flexibility index (Phi) is 5.71. The number of urea groups is 1. The van der Waals surface area contributed by atoms with Gasteiger partial charge in [-0.25, -0.2) is 9.69 Å². The number of hydrogen-bond donors (Lipinski definition) is 1. The van der Waals surface area contributed by atoms with Crippen molar-refractivity contribution >= 4 is 57.1 Å². The molecule has 1 fully saturated rings. The van der Waals surface area contributed by atoms with Crippen LogP contribution in [0.1, 0.15) is 5.56 Å². The van der Waals surface area contributed by atoms with Crippen molar-refractivity contribution in [3.8, 4) is 11.5 Å². The molecule has 0 unspecified atom stereocenters. The van der Waals surface area contributed by atoms with Gasteiger partial charge in [0, 0.05) is 15.1 Å². The maximum atomic E-state index is 12.9. The lowest BCUT2D eigenvalue weighted by Crippen LogP contribution is -2.54. The Morgan fingerprint density at radius 1 is 1.07 bits per heavy atom. The minimum atomic E-state index is -0.840. The van der Waals surface area contributed by atoms with Crippen LogP contribution in [-0.2, 0) is 9.59 Å². The zero-order valence-corrected chi connectivity index (χ0v) is 17.1. The van der Waals surface area contributed by atoms with Crippen molar-refractivity contribution in [3.63, 3.8) is 0 Å². The molecule has 9 heteroatoms. The van der Waals surface area contributed by atoms with E-state index in [1.165, 1.54) is 32.4 Å². The van der Waals surface area contributed by atoms with Crippen molar-refractivity contribution in [1.82, 2.24) is 5.32 Å². The minimum absolute atomic E-state index is 0.229. The number of halogens is 2. The van der Waals surface area contributed by atoms with E-state index in [9.17, 15) is 14.4 Å². The number of amides is 4. The third-order valence-electron chi connectivity index (χ3n) is 3.96. The minimum Gasteiger partial charge on any atom is -0.493 e. The maximum Gasteiger partial charge on any atom is 0.335 e. The molecule has 0 bridgehead atoms. The van der Waals surface area contributed by atoms with Crippen LogP contribution in [0, 0.1) is 0 Å². The van der Waals surface area contributed by atoms with Crippen LogP contribution in [0.5, 0.6) is 11.5 Å². The van der Waals surface area contributed by atoms with Crippen LogP contribution in [0.2, 0.25) is 5.02 Å². The monoisotopic (exact) mass is 464 g/mol. The van der Waals surface area contributed by atoms with Gasteiger partial charge in [-0.05, 0) is 42.5 Å². The summed E-state index contributed by atoms with van der Waals surface area (Å²) in [6.45, 7) is 0. The Morgan fingerprint density at radius 3 is 2.36 bits per heavy atom. The molecule has 1 N–H and O–H groups in total. The van der Waals surface area contributed by atoms with Crippen molar-refractivity contribution in [2.75, 3.05) is 19.1 Å². The van der Waals surface area contributed by atoms with Crippen molar-refractivity contribution < 1.29 is 23.9 Å². The average molecular weight is 466 g/mol. The Morgan fingerprint density at radius 2 is 1.75 bits per heavy atom. The number of anilines is 1. The van der Waals surface area contributed by atoms with Gasteiger partial charge in [-0.15, -0.1) is 0 Å². The van der Waals surface area contributed by atoms with Crippen molar-refractivity contribution in [2.45, 2.75) is 0 Å². The summed E-state index contributed by atoms with van der Waals surface area (Å²) in [5.74, 6) is -0.815. The molecule has 0 spiro atoms. The van der Waals surface area contributed by atoms with Gasteiger partial charge in [0.2, 0.25) is 0 Å². The summed E-state index contributed by atoms with van der Waals surface area (Å²) in [6.07, 6.45) is 1.35. The van der Waals surface area contributed by atoms with Gasteiger partial charge in [0.25, 0.3) is 11.8 Å². The molecule has 0 saturated carbocycles. The lowest BCUT2D eigenvalue weighted by molar-refractivity contribution is -0.122. The molecule has 2 aromatic carbocycles. The summed E-state index contributed by atoms with van der Waals surface area (Å²) < 4.78 is 11.3. The van der Waals surface area contributed by atoms with E-state index in [1.54, 1.807) is 24.3 Å². The number of barbiturate groups is 1. The quantitative estimate of drug-likeness (QED) is 0.549. The predicted molar refractivity (Wildman–Crippen MR) is 108 cm³/mol. The lowest BCUT2D eigenvalue weighted by atomic mass is 10.1. The topological polar surface area (TPSA) is 84.9 Å². The van der Waals surface area contributed by atoms with Gasteiger partial charge in [-0.2, -0.15) is 0 Å². The van der Waals surface area contributed by atoms with Gasteiger partial charge < -0.3 is 9.47 Å². The van der Waals surface area contributed by atoms with Gasteiger partial charge in [0.15, 0.2) is 11.5 Å². The highest BCUT2D eigenvalue weighted by Gasteiger charge is 2.37. The number of nitrogens with one attached hydrogen (secondary N) is 1. The molecule has 2 aromatic rings. The van der Waals surface area contributed by atoms with Gasteiger partial charge in [0.1, 0.15) is 5.57 Å². The van der Waals surface area contributed by atoms with E-state index in [1.807, 2.05) is 0 Å². The molecule has 0 atom stereocenters. The third-order valence-corrected chi connectivity index (χ3v) is 4.67. The fourth-order valence-corrected chi connectivity index (χ4v) is 3.28. The van der Waals surface area contributed by atoms with Gasteiger partial charge >= 0.3 is 6.03 Å². The van der Waals surface area contributed by atoms with Crippen LogP contribution in [0.3, 0.4) is 0 Å². The molecule has 1 aliphatic rings. The molecule has 3 rings (SSSR count). The van der Waals surface area contributed by atoms with E-state index < -0.39 is 17.8 Å². The van der Waals surface area contributed by atoms with E-state index in [-0.39, 0.29) is 11.3 Å². The van der Waals surface area contributed by atoms with E-state index in [2.05, 4.69) is 21.2 Å². The molecule has 144 valence electrons. The van der Waals surface area contributed by atoms with Crippen LogP contribution in [-0.4, -0.2) is 32.1 Å². The van der Waals surface area contributed by atoms with Gasteiger partial charge in [-0.3, -0.25) is 14.9 Å². The second-order valence-corrected chi connectivity index (χ2v) is 7.02. The van der Waals surface area contributed by atoms with Crippen molar-refractivity contribution in [3.05, 3.63) is 57.0 Å². The summed E-state index contributed by atoms with van der Waals surface area (Å²) >= 11 is 9.21. The molecule has 0 aliphatic carbocycles. The highest BCUT2D eigenvalue weighted by atomic mass is 79.9. The number of rotatable bonds is 4. The van der Waals surface area contributed by atoms with Crippen LogP contribution in [0.15, 0.2) is 46.4 Å². The third kappa shape index (κ3) is 3.74. The second-order valence-electron chi connectivity index (χ2n) is 5.66. The van der Waals surface area contributed by atoms with Crippen molar-refractivity contribution in [2.24, 2.45) is 0 Å². The van der Waals surface area contributed by atoms with E-state index in [0.29, 0.717) is 26.6 Å². The highest BCUT2D eigenvalue weighted by molar-refractivity contribution is 9.10. The first-order chi connectivity index (χ1) is 13.3. The smallest absolute Gasteiger partial charge is 0.335 e. The fourth-order valence-electron chi connectivity index (χ4n) is 2.70. The van der Waals surface area contributed by atoms with Crippen LogP contribution >= 0.6 is 27.5 Å². The van der Waals surface area contributed by atoms with Crippen LogP contribution in [0.4, 0.5) is 10.5 Å². The number of carbonyl (C=O) groups excluding carboxylic acids is 3. The summed E-state index contributed by atoms with van der Waals surface area (Å²) in [7, 11) is 2.92. The zero-order chi connectivity index (χ0) is 20.4. The first kappa shape index (κ1) is 19.9. The number of benzene rings is 2. The summed E-state index contributed by atoms with van der Waals surface area (Å²) in [6, 6.07) is 8.61. The number of methoxy groups -OCH3 is 2. The van der Waals surface area contributed by atoms with E-state index in [4.69, 9.17) is 21.1 Å². The summed E-state index contributed by atoms with van der Waals surface area (Å²) in [4.78, 5) is 38.4. The largest absolute Gasteiger partial charge is 0.493 e. The molecular formula is C19H14BrClN2O5. The number of hydrogen-bond acceptors (Lipinski definition) is 5. The standard InChI is InChI=1S/C19H14BrClN2O5/c1-27-15-9-11(20)7-10(16(15)28-2)8-14-17(24)22-19(26)23(18(14)25)13-5-3-12(21)4-6-13/h3-9H,1-2H3,(H,22,24,26). The lowest BCUT2D eigenvalue weighted by Gasteiger charge is -2.26. The number of ether oxygens (including phenoxy) is 2. The Balaban J connectivity index is 2.09. The molecule has 7 nitrogen and oxygen atoms in total. The fraction of sp³-hybridized carbons (Fsp3) is 0.105. The van der Waals surface area contributed by atoms with Crippen LogP contribution in [0.25, 0.3) is 6.08 Å². The Bertz CT molecular complexity index is 1000. The second kappa shape index (κ2) is 8.04. The first-order valence-corrected chi connectivity index (χ1v) is 9.11. The number of carbonyl (C=O) groups is 3. The first-order valence-electron chi connectivity index (χ1n) is 7.94. The molecular weight excluding hydrogens is 452 g/mol. The molecule has 1 saturated heterocycles. The maximum absolute atomic E-state index is 12.9. The zero-order valence-electron chi connectivity index (χ0n) is 14.8. The Labute approximate surface area is 174 Å². The van der Waals surface area contributed by atoms with Crippen LogP contribution < -0.4 is 19.7 Å². The highest BCUT2D eigenvalue weighted by Crippen LogP contribution is 2.36. The number of imide groups is 2. The van der Waals surface area contributed by atoms with E-state index >= 15 is 0 Å². The number of nitrogens with zero attached hydrogens (tertiary/aromatic N) is 1. The molecule has 0 radical (unpaired) electrons. The van der Waals surface area contributed by atoms with Gasteiger partial charge in [-0.1, -0.05) is 27.5 Å². The van der Waals surface area contributed by atoms with E-state index in [0.717, 1.165) is 4.90 Å². The SMILES string of the molecule is COc1cc(Br)cc(C=C2C(=O)NC(=O)N(c3ccc(Cl)cc3)C2=O)c1OC. The van der Waals surface area contributed by atoms with Gasteiger partial charge in [0.05, 0.1) is 19.9 Å². The predicted octanol–water partition coefficient (Wildman–Crippen LogP) is 3.79. The molecule has 1 heterocycles. The molecule has 0 aromatic heterocycles. The van der Waals surface area contributed by atoms with Crippen molar-refractivity contribution in [1.29, 1.82) is 0 Å². The Hall–Kier alpha value is -2.84. The molecule has 4 amide bonds. The average Bonchev–Trinajstić information content (AvgIpc) is 2.66. The normalized spacial score (nSPS) is 15.6. The molecule has 28 heavy (non-hydrogen) atoms. The summed E-state index contributed by atoms with van der Waals surface area (Å²) in [5, 5.41) is 2.62.